The molecule has 30 heavy (non-hydrogen) atoms. The van der Waals surface area contributed by atoms with Crippen molar-refractivity contribution in [3.8, 4) is 0 Å². The number of likely N-dealkylation sites (N-methyl/N-ethyl adjacent to an activating group) is 1. The van der Waals surface area contributed by atoms with Crippen LogP contribution in [0.5, 0.6) is 0 Å². The molecule has 0 bridgehead atoms. The van der Waals surface area contributed by atoms with Gasteiger partial charge in [-0.05, 0) is 42.4 Å². The normalized spacial score (nSPS) is 19.7. The lowest BCUT2D eigenvalue weighted by Gasteiger charge is -2.34. The van der Waals surface area contributed by atoms with E-state index >= 15 is 0 Å². The summed E-state index contributed by atoms with van der Waals surface area (Å²) >= 11 is 0. The molecule has 1 atom stereocenters. The summed E-state index contributed by atoms with van der Waals surface area (Å²) in [5.41, 5.74) is 1.73. The van der Waals surface area contributed by atoms with Gasteiger partial charge in [0, 0.05) is 31.7 Å². The van der Waals surface area contributed by atoms with E-state index < -0.39 is 10.8 Å². The Kier molecular flexibility index (Phi) is 5.97. The Hall–Kier alpha value is -2.58. The predicted molar refractivity (Wildman–Crippen MR) is 113 cm³/mol. The molecule has 158 valence electrons. The van der Waals surface area contributed by atoms with Crippen LogP contribution in [0.2, 0.25) is 0 Å². The van der Waals surface area contributed by atoms with Gasteiger partial charge < -0.3 is 14.7 Å². The van der Waals surface area contributed by atoms with E-state index in [2.05, 4.69) is 11.8 Å². The van der Waals surface area contributed by atoms with Crippen molar-refractivity contribution in [2.45, 2.75) is 18.4 Å². The Morgan fingerprint density at radius 1 is 1.07 bits per heavy atom. The van der Waals surface area contributed by atoms with Crippen LogP contribution in [-0.4, -0.2) is 64.3 Å². The summed E-state index contributed by atoms with van der Waals surface area (Å²) in [5, 5.41) is 0. The summed E-state index contributed by atoms with van der Waals surface area (Å²) in [5.74, 6) is -0.799. The van der Waals surface area contributed by atoms with Gasteiger partial charge in [-0.25, -0.2) is 4.39 Å². The maximum absolute atomic E-state index is 13.2. The highest BCUT2D eigenvalue weighted by atomic mass is 32.2. The summed E-state index contributed by atoms with van der Waals surface area (Å²) in [6, 6.07) is 11.0. The molecule has 0 radical (unpaired) electrons. The number of carbonyl (C=O) groups is 2. The Morgan fingerprint density at radius 3 is 2.43 bits per heavy atom. The summed E-state index contributed by atoms with van der Waals surface area (Å²) in [6.07, 6.45) is 0. The first-order chi connectivity index (χ1) is 14.5. The molecule has 0 aliphatic carbocycles. The van der Waals surface area contributed by atoms with Gasteiger partial charge in [-0.3, -0.25) is 13.8 Å². The highest BCUT2D eigenvalue weighted by Gasteiger charge is 2.31. The molecule has 0 spiro atoms. The minimum Gasteiger partial charge on any atom is -0.336 e. The van der Waals surface area contributed by atoms with E-state index in [1.54, 1.807) is 30.3 Å². The number of hydrogen-bond acceptors (Lipinski definition) is 4. The van der Waals surface area contributed by atoms with E-state index in [4.69, 9.17) is 0 Å². The van der Waals surface area contributed by atoms with Crippen LogP contribution in [-0.2, 0) is 22.1 Å². The van der Waals surface area contributed by atoms with Crippen LogP contribution in [0, 0.1) is 5.82 Å². The first kappa shape index (κ1) is 20.7. The molecule has 1 fully saturated rings. The quantitative estimate of drug-likeness (QED) is 0.748. The second kappa shape index (κ2) is 8.65. The Bertz CT molecular complexity index is 988. The second-order valence-electron chi connectivity index (χ2n) is 7.51. The van der Waals surface area contributed by atoms with Crippen molar-refractivity contribution in [1.82, 2.24) is 9.80 Å². The zero-order chi connectivity index (χ0) is 21.3. The Morgan fingerprint density at radius 2 is 1.77 bits per heavy atom. The van der Waals surface area contributed by atoms with Crippen LogP contribution in [0.3, 0.4) is 0 Å². The molecular weight excluding hydrogens is 405 g/mol. The number of piperazine rings is 1. The van der Waals surface area contributed by atoms with Crippen molar-refractivity contribution in [2.75, 3.05) is 43.4 Å². The van der Waals surface area contributed by atoms with Gasteiger partial charge in [-0.15, -0.1) is 0 Å². The van der Waals surface area contributed by atoms with Gasteiger partial charge >= 0.3 is 0 Å². The number of rotatable bonds is 4. The second-order valence-corrected chi connectivity index (χ2v) is 8.92. The minimum atomic E-state index is -1.44. The van der Waals surface area contributed by atoms with Crippen molar-refractivity contribution in [2.24, 2.45) is 0 Å². The van der Waals surface area contributed by atoms with Gasteiger partial charge in [0.1, 0.15) is 11.6 Å². The summed E-state index contributed by atoms with van der Waals surface area (Å²) < 4.78 is 25.7. The molecule has 2 amide bonds. The van der Waals surface area contributed by atoms with E-state index in [1.165, 1.54) is 17.0 Å². The first-order valence-electron chi connectivity index (χ1n) is 10.0. The molecule has 0 N–H and O–H groups in total. The smallest absolute Gasteiger partial charge is 0.254 e. The highest BCUT2D eigenvalue weighted by molar-refractivity contribution is 7.86. The fraction of sp³-hybridized carbons (Fsp3) is 0.364. The lowest BCUT2D eigenvalue weighted by atomic mass is 10.1. The van der Waals surface area contributed by atoms with Crippen LogP contribution in [0.4, 0.5) is 10.1 Å². The van der Waals surface area contributed by atoms with Crippen LogP contribution in [0.25, 0.3) is 0 Å². The average Bonchev–Trinajstić information content (AvgIpc) is 2.77. The third-order valence-corrected chi connectivity index (χ3v) is 7.00. The van der Waals surface area contributed by atoms with Crippen molar-refractivity contribution >= 4 is 28.3 Å². The molecule has 0 saturated carbocycles. The SMILES string of the molecule is CCN1CCN(C(=O)c2ccc3c(c2)N(Cc2ccc(F)cc2)C(=O)CS3=O)CC1. The molecule has 1 unspecified atom stereocenters. The maximum Gasteiger partial charge on any atom is 0.254 e. The Balaban J connectivity index is 1.61. The van der Waals surface area contributed by atoms with E-state index in [-0.39, 0.29) is 29.9 Å². The lowest BCUT2D eigenvalue weighted by molar-refractivity contribution is -0.116. The van der Waals surface area contributed by atoms with Gasteiger partial charge in [0.05, 0.1) is 27.9 Å². The summed E-state index contributed by atoms with van der Waals surface area (Å²) in [4.78, 5) is 31.9. The number of hydrogen-bond donors (Lipinski definition) is 0. The third-order valence-electron chi connectivity index (χ3n) is 5.66. The molecule has 1 saturated heterocycles. The van der Waals surface area contributed by atoms with E-state index in [9.17, 15) is 18.2 Å². The van der Waals surface area contributed by atoms with Crippen molar-refractivity contribution in [1.29, 1.82) is 0 Å². The molecule has 4 rings (SSSR count). The van der Waals surface area contributed by atoms with Crippen molar-refractivity contribution < 1.29 is 18.2 Å². The zero-order valence-electron chi connectivity index (χ0n) is 16.8. The number of anilines is 1. The minimum absolute atomic E-state index is 0.0842. The maximum atomic E-state index is 13.2. The molecule has 2 aliphatic rings. The topological polar surface area (TPSA) is 60.9 Å². The van der Waals surface area contributed by atoms with Gasteiger partial charge in [0.15, 0.2) is 0 Å². The molecule has 6 nitrogen and oxygen atoms in total. The Labute approximate surface area is 177 Å². The molecule has 2 aliphatic heterocycles. The lowest BCUT2D eigenvalue weighted by Crippen LogP contribution is -2.48. The number of nitrogens with zero attached hydrogens (tertiary/aromatic N) is 3. The van der Waals surface area contributed by atoms with Crippen molar-refractivity contribution in [3.63, 3.8) is 0 Å². The summed E-state index contributed by atoms with van der Waals surface area (Å²) in [6.45, 7) is 6.30. The highest BCUT2D eigenvalue weighted by Crippen LogP contribution is 2.32. The van der Waals surface area contributed by atoms with Gasteiger partial charge in [-0.1, -0.05) is 19.1 Å². The van der Waals surface area contributed by atoms with Gasteiger partial charge in [-0.2, -0.15) is 0 Å². The zero-order valence-corrected chi connectivity index (χ0v) is 17.7. The molecular formula is C22H24FN3O3S. The molecule has 2 aromatic rings. The number of benzene rings is 2. The fourth-order valence-corrected chi connectivity index (χ4v) is 5.01. The number of carbonyl (C=O) groups excluding carboxylic acids is 2. The number of fused-ring (bicyclic) bond motifs is 1. The number of amides is 2. The van der Waals surface area contributed by atoms with Crippen LogP contribution < -0.4 is 4.90 Å². The first-order valence-corrected chi connectivity index (χ1v) is 11.4. The van der Waals surface area contributed by atoms with Gasteiger partial charge in [0.25, 0.3) is 5.91 Å². The number of halogens is 1. The van der Waals surface area contributed by atoms with E-state index in [0.29, 0.717) is 29.2 Å². The molecule has 2 heterocycles. The molecule has 0 aromatic heterocycles. The third kappa shape index (κ3) is 4.15. The molecule has 8 heteroatoms. The standard InChI is InChI=1S/C22H24FN3O3S/c1-2-24-9-11-25(12-10-24)22(28)17-5-8-20-19(13-17)26(21(27)15-30(20)29)14-16-3-6-18(23)7-4-16/h3-8,13H,2,9-12,14-15H2,1H3. The summed E-state index contributed by atoms with van der Waals surface area (Å²) in [7, 11) is -1.44. The van der Waals surface area contributed by atoms with Crippen LogP contribution in [0.15, 0.2) is 47.4 Å². The predicted octanol–water partition coefficient (Wildman–Crippen LogP) is 2.26. The van der Waals surface area contributed by atoms with Gasteiger partial charge in [0.2, 0.25) is 5.91 Å². The van der Waals surface area contributed by atoms with E-state index in [0.717, 1.165) is 25.2 Å². The largest absolute Gasteiger partial charge is 0.336 e. The van der Waals surface area contributed by atoms with Crippen LogP contribution >= 0.6 is 0 Å². The molecule has 2 aromatic carbocycles. The monoisotopic (exact) mass is 429 g/mol. The van der Waals surface area contributed by atoms with Crippen molar-refractivity contribution in [3.05, 3.63) is 59.4 Å². The van der Waals surface area contributed by atoms with Crippen LogP contribution in [0.1, 0.15) is 22.8 Å². The fourth-order valence-electron chi connectivity index (χ4n) is 3.85. The van der Waals surface area contributed by atoms with E-state index in [1.807, 2.05) is 4.90 Å². The average molecular weight is 430 g/mol.